The van der Waals surface area contributed by atoms with Crippen LogP contribution in [0.4, 0.5) is 0 Å². The number of hydrogen-bond donors (Lipinski definition) is 0. The molecular weight excluding hydrogens is 841 g/mol. The number of esters is 3. The van der Waals surface area contributed by atoms with E-state index in [9.17, 15) is 14.4 Å². The molecule has 0 N–H and O–H groups in total. The molecular formula is C62H104O6. The van der Waals surface area contributed by atoms with Crippen molar-refractivity contribution in [3.05, 3.63) is 97.2 Å². The molecule has 388 valence electrons. The lowest BCUT2D eigenvalue weighted by atomic mass is 10.1. The number of unbranched alkanes of at least 4 members (excludes halogenated alkanes) is 28. The Morgan fingerprint density at radius 2 is 0.588 bits per heavy atom. The number of carbonyl (C=O) groups is 3. The summed E-state index contributed by atoms with van der Waals surface area (Å²) in [5.74, 6) is -0.955. The Hall–Kier alpha value is -3.67. The normalized spacial score (nSPS) is 12.8. The molecule has 6 nitrogen and oxygen atoms in total. The van der Waals surface area contributed by atoms with Crippen LogP contribution in [-0.2, 0) is 28.6 Å². The van der Waals surface area contributed by atoms with Gasteiger partial charge < -0.3 is 14.2 Å². The smallest absolute Gasteiger partial charge is 0.306 e. The summed E-state index contributed by atoms with van der Waals surface area (Å²) in [4.78, 5) is 38.1. The highest BCUT2D eigenvalue weighted by atomic mass is 16.6. The minimum absolute atomic E-state index is 0.101. The first-order chi connectivity index (χ1) is 33.5. The summed E-state index contributed by atoms with van der Waals surface area (Å²) in [6, 6.07) is 0. The van der Waals surface area contributed by atoms with Crippen molar-refractivity contribution >= 4 is 17.9 Å². The molecule has 0 aliphatic heterocycles. The second-order valence-electron chi connectivity index (χ2n) is 18.6. The summed E-state index contributed by atoms with van der Waals surface area (Å²) >= 11 is 0. The van der Waals surface area contributed by atoms with Crippen molar-refractivity contribution < 1.29 is 28.6 Å². The van der Waals surface area contributed by atoms with Gasteiger partial charge in [-0.1, -0.05) is 246 Å². The van der Waals surface area contributed by atoms with Crippen LogP contribution in [-0.4, -0.2) is 37.2 Å². The molecule has 0 amide bonds. The van der Waals surface area contributed by atoms with E-state index in [2.05, 4.69) is 57.2 Å². The van der Waals surface area contributed by atoms with Crippen LogP contribution in [0.5, 0.6) is 0 Å². The number of rotatable bonds is 50. The maximum absolute atomic E-state index is 12.8. The molecule has 0 aromatic heterocycles. The number of carbonyl (C=O) groups excluding carboxylic acids is 3. The van der Waals surface area contributed by atoms with Gasteiger partial charge in [0.25, 0.3) is 0 Å². The van der Waals surface area contributed by atoms with Gasteiger partial charge in [-0.3, -0.25) is 14.4 Å². The zero-order chi connectivity index (χ0) is 49.3. The van der Waals surface area contributed by atoms with Crippen LogP contribution in [0.25, 0.3) is 0 Å². The molecule has 0 aromatic carbocycles. The van der Waals surface area contributed by atoms with Gasteiger partial charge in [-0.25, -0.2) is 0 Å². The predicted molar refractivity (Wildman–Crippen MR) is 293 cm³/mol. The molecule has 0 aliphatic rings. The minimum Gasteiger partial charge on any atom is -0.462 e. The predicted octanol–water partition coefficient (Wildman–Crippen LogP) is 18.9. The first-order valence-electron chi connectivity index (χ1n) is 28.3. The third-order valence-corrected chi connectivity index (χ3v) is 12.0. The highest BCUT2D eigenvalue weighted by Gasteiger charge is 2.19. The van der Waals surface area contributed by atoms with E-state index < -0.39 is 6.10 Å². The molecule has 0 bridgehead atoms. The molecule has 0 fully saturated rings. The molecule has 0 aromatic rings. The second-order valence-corrected chi connectivity index (χ2v) is 18.6. The molecule has 6 heteroatoms. The summed E-state index contributed by atoms with van der Waals surface area (Å²) in [5.41, 5.74) is 0. The van der Waals surface area contributed by atoms with E-state index in [1.807, 2.05) is 60.8 Å². The average Bonchev–Trinajstić information content (AvgIpc) is 3.34. The Labute approximate surface area is 419 Å². The molecule has 0 rings (SSSR count). The SMILES string of the molecule is CC\C=C/C=C\C=C/C=C\C=C\C=C/CCCCCC(=O)OC(COC(=O)CCCCCCC/C=C\CCCCCCCCCCC)COC(=O)CCCCCCCCC/C=C\CCCCCC. The van der Waals surface area contributed by atoms with Gasteiger partial charge in [-0.15, -0.1) is 0 Å². The van der Waals surface area contributed by atoms with Gasteiger partial charge in [-0.2, -0.15) is 0 Å². The first-order valence-corrected chi connectivity index (χ1v) is 28.3. The standard InChI is InChI=1S/C62H104O6/c1-4-7-10-13-16-19-22-25-28-30-32-34-37-40-43-46-49-52-55-61(64)67-58-59(57-66-60(63)54-51-48-45-42-39-36-33-27-24-21-18-15-12-9-6-3)68-62(65)56-53-50-47-44-41-38-35-31-29-26-23-20-17-14-11-8-5-2/h8,11,14,17,20-21,23-24,26,29,31-32,34-35,38,41,59H,4-7,9-10,12-13,15-16,18-19,22,25,27-28,30,33,36-37,39-40,42-58H2,1-3H3/b11-8-,17-14-,23-20-,24-21-,29-26-,34-32-,35-31+,41-38-. The zero-order valence-corrected chi connectivity index (χ0v) is 44.3. The number of ether oxygens (including phenoxy) is 3. The Morgan fingerprint density at radius 1 is 0.309 bits per heavy atom. The lowest BCUT2D eigenvalue weighted by Gasteiger charge is -2.18. The van der Waals surface area contributed by atoms with Crippen molar-refractivity contribution in [2.45, 2.75) is 264 Å². The average molecular weight is 946 g/mol. The van der Waals surface area contributed by atoms with E-state index in [1.165, 1.54) is 141 Å². The molecule has 0 spiro atoms. The van der Waals surface area contributed by atoms with Gasteiger partial charge in [-0.05, 0) is 89.9 Å². The van der Waals surface area contributed by atoms with Crippen molar-refractivity contribution in [2.75, 3.05) is 13.2 Å². The molecule has 1 atom stereocenters. The topological polar surface area (TPSA) is 78.9 Å². The molecule has 68 heavy (non-hydrogen) atoms. The molecule has 0 aliphatic carbocycles. The fraction of sp³-hybridized carbons (Fsp3) is 0.694. The summed E-state index contributed by atoms with van der Waals surface area (Å²) in [6.45, 7) is 6.44. The third kappa shape index (κ3) is 53.3. The first kappa shape index (κ1) is 64.3. The highest BCUT2D eigenvalue weighted by molar-refractivity contribution is 5.71. The van der Waals surface area contributed by atoms with Gasteiger partial charge in [0.05, 0.1) is 0 Å². The fourth-order valence-electron chi connectivity index (χ4n) is 7.70. The monoisotopic (exact) mass is 945 g/mol. The van der Waals surface area contributed by atoms with Crippen LogP contribution in [0.1, 0.15) is 258 Å². The lowest BCUT2D eigenvalue weighted by molar-refractivity contribution is -0.167. The van der Waals surface area contributed by atoms with Crippen molar-refractivity contribution in [3.63, 3.8) is 0 Å². The highest BCUT2D eigenvalue weighted by Crippen LogP contribution is 2.15. The van der Waals surface area contributed by atoms with Crippen LogP contribution in [0.3, 0.4) is 0 Å². The van der Waals surface area contributed by atoms with Gasteiger partial charge in [0, 0.05) is 19.3 Å². The minimum atomic E-state index is -0.807. The van der Waals surface area contributed by atoms with Crippen LogP contribution < -0.4 is 0 Å². The van der Waals surface area contributed by atoms with Crippen LogP contribution >= 0.6 is 0 Å². The van der Waals surface area contributed by atoms with Crippen molar-refractivity contribution in [3.8, 4) is 0 Å². The van der Waals surface area contributed by atoms with Gasteiger partial charge >= 0.3 is 17.9 Å². The van der Waals surface area contributed by atoms with Crippen LogP contribution in [0.2, 0.25) is 0 Å². The van der Waals surface area contributed by atoms with E-state index in [4.69, 9.17) is 14.2 Å². The number of allylic oxidation sites excluding steroid dienone is 16. The fourth-order valence-corrected chi connectivity index (χ4v) is 7.70. The summed E-state index contributed by atoms with van der Waals surface area (Å²) in [7, 11) is 0. The van der Waals surface area contributed by atoms with E-state index in [0.29, 0.717) is 19.3 Å². The quantitative estimate of drug-likeness (QED) is 0.0199. The second kappa shape index (κ2) is 55.9. The van der Waals surface area contributed by atoms with E-state index in [0.717, 1.165) is 70.6 Å². The Balaban J connectivity index is 4.49. The molecule has 0 saturated heterocycles. The Bertz CT molecular complexity index is 1360. The molecule has 0 saturated carbocycles. The van der Waals surface area contributed by atoms with Gasteiger partial charge in [0.2, 0.25) is 0 Å². The summed E-state index contributed by atoms with van der Waals surface area (Å²) < 4.78 is 16.8. The van der Waals surface area contributed by atoms with Gasteiger partial charge in [0.1, 0.15) is 13.2 Å². The van der Waals surface area contributed by atoms with Crippen LogP contribution in [0.15, 0.2) is 97.2 Å². The molecule has 0 heterocycles. The van der Waals surface area contributed by atoms with Crippen molar-refractivity contribution in [1.29, 1.82) is 0 Å². The van der Waals surface area contributed by atoms with Gasteiger partial charge in [0.15, 0.2) is 6.10 Å². The zero-order valence-electron chi connectivity index (χ0n) is 44.3. The molecule has 0 radical (unpaired) electrons. The van der Waals surface area contributed by atoms with E-state index in [1.54, 1.807) is 0 Å². The Morgan fingerprint density at radius 3 is 0.971 bits per heavy atom. The van der Waals surface area contributed by atoms with Crippen molar-refractivity contribution in [1.82, 2.24) is 0 Å². The van der Waals surface area contributed by atoms with E-state index >= 15 is 0 Å². The lowest BCUT2D eigenvalue weighted by Crippen LogP contribution is -2.30. The Kier molecular flexibility index (Phi) is 52.9. The van der Waals surface area contributed by atoms with Crippen LogP contribution in [0, 0.1) is 0 Å². The third-order valence-electron chi connectivity index (χ3n) is 12.0. The summed E-state index contributed by atoms with van der Waals surface area (Å²) in [5, 5.41) is 0. The van der Waals surface area contributed by atoms with E-state index in [-0.39, 0.29) is 37.5 Å². The van der Waals surface area contributed by atoms with Crippen molar-refractivity contribution in [2.24, 2.45) is 0 Å². The summed E-state index contributed by atoms with van der Waals surface area (Å²) in [6.07, 6.45) is 73.9. The number of hydrogen-bond acceptors (Lipinski definition) is 6. The molecule has 1 unspecified atom stereocenters. The maximum atomic E-state index is 12.8. The maximum Gasteiger partial charge on any atom is 0.306 e. The largest absolute Gasteiger partial charge is 0.462 e.